The minimum Gasteiger partial charge on any atom is -0.350 e. The number of rotatable bonds is 3. The Morgan fingerprint density at radius 3 is 2.07 bits per heavy atom. The lowest BCUT2D eigenvalue weighted by Crippen LogP contribution is -1.95. The van der Waals surface area contributed by atoms with Crippen molar-refractivity contribution in [3.8, 4) is 0 Å². The van der Waals surface area contributed by atoms with E-state index in [0.717, 1.165) is 6.54 Å². The molecule has 0 atom stereocenters. The highest BCUT2D eigenvalue weighted by Crippen LogP contribution is 2.08. The molecule has 0 spiro atoms. The Bertz CT molecular complexity index is 375. The summed E-state index contributed by atoms with van der Waals surface area (Å²) in [4.78, 5) is 0. The second-order valence-electron chi connectivity index (χ2n) is 3.31. The summed E-state index contributed by atoms with van der Waals surface area (Å²) in [5, 5.41) is 0. The maximum Gasteiger partial charge on any atom is 0.0474 e. The highest BCUT2D eigenvalue weighted by molar-refractivity contribution is 6.17. The first-order chi connectivity index (χ1) is 6.88. The van der Waals surface area contributed by atoms with Gasteiger partial charge in [0.2, 0.25) is 0 Å². The molecular formula is C12H12ClN. The van der Waals surface area contributed by atoms with Gasteiger partial charge in [-0.1, -0.05) is 24.3 Å². The molecule has 72 valence electrons. The van der Waals surface area contributed by atoms with Crippen LogP contribution in [0.5, 0.6) is 0 Å². The van der Waals surface area contributed by atoms with Gasteiger partial charge in [0.05, 0.1) is 0 Å². The summed E-state index contributed by atoms with van der Waals surface area (Å²) in [6.45, 7) is 0.926. The van der Waals surface area contributed by atoms with Crippen LogP contribution in [-0.2, 0) is 12.4 Å². The van der Waals surface area contributed by atoms with Gasteiger partial charge in [0.1, 0.15) is 0 Å². The minimum atomic E-state index is 0.587. The van der Waals surface area contributed by atoms with Gasteiger partial charge in [0, 0.05) is 24.8 Å². The van der Waals surface area contributed by atoms with E-state index in [1.165, 1.54) is 11.1 Å². The van der Waals surface area contributed by atoms with Crippen molar-refractivity contribution in [1.82, 2.24) is 4.57 Å². The topological polar surface area (TPSA) is 4.93 Å². The van der Waals surface area contributed by atoms with Crippen molar-refractivity contribution in [2.24, 2.45) is 0 Å². The molecule has 14 heavy (non-hydrogen) atoms. The smallest absolute Gasteiger partial charge is 0.0474 e. The van der Waals surface area contributed by atoms with Crippen LogP contribution in [0.15, 0.2) is 48.8 Å². The Labute approximate surface area is 88.9 Å². The summed E-state index contributed by atoms with van der Waals surface area (Å²) < 4.78 is 2.15. The zero-order valence-electron chi connectivity index (χ0n) is 7.86. The Kier molecular flexibility index (Phi) is 2.90. The van der Waals surface area contributed by atoms with Crippen LogP contribution in [0.4, 0.5) is 0 Å². The van der Waals surface area contributed by atoms with Crippen LogP contribution in [-0.4, -0.2) is 4.57 Å². The largest absolute Gasteiger partial charge is 0.350 e. The van der Waals surface area contributed by atoms with E-state index in [1.807, 2.05) is 12.1 Å². The fraction of sp³-hybridized carbons (Fsp3) is 0.167. The van der Waals surface area contributed by atoms with E-state index in [0.29, 0.717) is 5.88 Å². The first kappa shape index (κ1) is 9.35. The number of halogens is 1. The summed E-state index contributed by atoms with van der Waals surface area (Å²) >= 11 is 5.72. The average Bonchev–Trinajstić information content (AvgIpc) is 2.72. The molecule has 0 aliphatic heterocycles. The zero-order valence-corrected chi connectivity index (χ0v) is 8.61. The van der Waals surface area contributed by atoms with Crippen LogP contribution in [0.25, 0.3) is 0 Å². The van der Waals surface area contributed by atoms with E-state index in [9.17, 15) is 0 Å². The second kappa shape index (κ2) is 4.34. The minimum absolute atomic E-state index is 0.587. The number of alkyl halides is 1. The van der Waals surface area contributed by atoms with Crippen LogP contribution in [0.2, 0.25) is 0 Å². The van der Waals surface area contributed by atoms with E-state index < -0.39 is 0 Å². The SMILES string of the molecule is ClCc1ccc(Cn2cccc2)cc1. The van der Waals surface area contributed by atoms with Crippen molar-refractivity contribution < 1.29 is 0 Å². The molecule has 1 heterocycles. The van der Waals surface area contributed by atoms with Crippen molar-refractivity contribution in [3.05, 3.63) is 59.9 Å². The van der Waals surface area contributed by atoms with Gasteiger partial charge in [-0.25, -0.2) is 0 Å². The van der Waals surface area contributed by atoms with Crippen LogP contribution in [0.3, 0.4) is 0 Å². The van der Waals surface area contributed by atoms with Gasteiger partial charge in [0.25, 0.3) is 0 Å². The van der Waals surface area contributed by atoms with Crippen molar-refractivity contribution in [2.75, 3.05) is 0 Å². The molecule has 0 amide bonds. The van der Waals surface area contributed by atoms with E-state index in [1.54, 1.807) is 0 Å². The summed E-state index contributed by atoms with van der Waals surface area (Å²) in [5.41, 5.74) is 2.47. The third kappa shape index (κ3) is 2.18. The second-order valence-corrected chi connectivity index (χ2v) is 3.57. The fourth-order valence-electron chi connectivity index (χ4n) is 1.42. The lowest BCUT2D eigenvalue weighted by Gasteiger charge is -2.03. The molecular weight excluding hydrogens is 194 g/mol. The molecule has 0 aliphatic rings. The fourth-order valence-corrected chi connectivity index (χ4v) is 1.60. The van der Waals surface area contributed by atoms with Gasteiger partial charge in [-0.15, -0.1) is 11.6 Å². The Balaban J connectivity index is 2.10. The Morgan fingerprint density at radius 1 is 0.929 bits per heavy atom. The standard InChI is InChI=1S/C12H12ClN/c13-9-11-3-5-12(6-4-11)10-14-7-1-2-8-14/h1-8H,9-10H2. The lowest BCUT2D eigenvalue weighted by molar-refractivity contribution is 0.806. The maximum absolute atomic E-state index is 5.72. The monoisotopic (exact) mass is 205 g/mol. The first-order valence-corrected chi connectivity index (χ1v) is 5.16. The maximum atomic E-state index is 5.72. The van der Waals surface area contributed by atoms with Crippen LogP contribution in [0.1, 0.15) is 11.1 Å². The lowest BCUT2D eigenvalue weighted by atomic mass is 10.1. The third-order valence-electron chi connectivity index (χ3n) is 2.21. The predicted octanol–water partition coefficient (Wildman–Crippen LogP) is 3.28. The van der Waals surface area contributed by atoms with Gasteiger partial charge in [-0.05, 0) is 23.3 Å². The molecule has 0 saturated carbocycles. The van der Waals surface area contributed by atoms with Crippen molar-refractivity contribution in [3.63, 3.8) is 0 Å². The van der Waals surface area contributed by atoms with Crippen molar-refractivity contribution >= 4 is 11.6 Å². The number of nitrogens with zero attached hydrogens (tertiary/aromatic N) is 1. The molecule has 0 bridgehead atoms. The summed E-state index contributed by atoms with van der Waals surface area (Å²) in [7, 11) is 0. The van der Waals surface area contributed by atoms with Gasteiger partial charge in [-0.2, -0.15) is 0 Å². The van der Waals surface area contributed by atoms with Gasteiger partial charge in [0.15, 0.2) is 0 Å². The van der Waals surface area contributed by atoms with Gasteiger partial charge < -0.3 is 4.57 Å². The first-order valence-electron chi connectivity index (χ1n) is 4.63. The number of aromatic nitrogens is 1. The molecule has 0 radical (unpaired) electrons. The highest BCUT2D eigenvalue weighted by atomic mass is 35.5. The quantitative estimate of drug-likeness (QED) is 0.678. The molecule has 2 aromatic rings. The summed E-state index contributed by atoms with van der Waals surface area (Å²) in [6.07, 6.45) is 4.13. The number of hydrogen-bond donors (Lipinski definition) is 0. The molecule has 0 saturated heterocycles. The molecule has 1 aromatic carbocycles. The van der Waals surface area contributed by atoms with Crippen molar-refractivity contribution in [1.29, 1.82) is 0 Å². The van der Waals surface area contributed by atoms with Crippen molar-refractivity contribution in [2.45, 2.75) is 12.4 Å². The summed E-state index contributed by atoms with van der Waals surface area (Å²) in [6, 6.07) is 12.5. The summed E-state index contributed by atoms with van der Waals surface area (Å²) in [5.74, 6) is 0.587. The molecule has 2 heteroatoms. The zero-order chi connectivity index (χ0) is 9.80. The van der Waals surface area contributed by atoms with E-state index in [4.69, 9.17) is 11.6 Å². The number of hydrogen-bond acceptors (Lipinski definition) is 0. The molecule has 0 fully saturated rings. The molecule has 0 unspecified atom stereocenters. The van der Waals surface area contributed by atoms with E-state index >= 15 is 0 Å². The molecule has 0 N–H and O–H groups in total. The van der Waals surface area contributed by atoms with E-state index in [-0.39, 0.29) is 0 Å². The van der Waals surface area contributed by atoms with E-state index in [2.05, 4.69) is 41.2 Å². The van der Waals surface area contributed by atoms with Gasteiger partial charge in [-0.3, -0.25) is 0 Å². The molecule has 2 rings (SSSR count). The number of benzene rings is 1. The predicted molar refractivity (Wildman–Crippen MR) is 59.5 cm³/mol. The normalized spacial score (nSPS) is 10.4. The highest BCUT2D eigenvalue weighted by Gasteiger charge is 1.94. The van der Waals surface area contributed by atoms with Crippen LogP contribution >= 0.6 is 11.6 Å². The van der Waals surface area contributed by atoms with Gasteiger partial charge >= 0.3 is 0 Å². The Morgan fingerprint density at radius 2 is 1.50 bits per heavy atom. The molecule has 1 nitrogen and oxygen atoms in total. The molecule has 0 aliphatic carbocycles. The van der Waals surface area contributed by atoms with Crippen LogP contribution < -0.4 is 0 Å². The molecule has 1 aromatic heterocycles. The third-order valence-corrected chi connectivity index (χ3v) is 2.52. The van der Waals surface area contributed by atoms with Crippen LogP contribution in [0, 0.1) is 0 Å². The Hall–Kier alpha value is -1.21. The average molecular weight is 206 g/mol.